The summed E-state index contributed by atoms with van der Waals surface area (Å²) >= 11 is 1.83. The van der Waals surface area contributed by atoms with E-state index in [0.717, 1.165) is 45.6 Å². The van der Waals surface area contributed by atoms with Gasteiger partial charge in [0.05, 0.1) is 6.10 Å². The summed E-state index contributed by atoms with van der Waals surface area (Å²) in [5.74, 6) is 1.02. The Kier molecular flexibility index (Phi) is 4.85. The van der Waals surface area contributed by atoms with Crippen molar-refractivity contribution in [3.63, 3.8) is 0 Å². The Morgan fingerprint density at radius 2 is 2.09 bits per heavy atom. The molecule has 0 bridgehead atoms. The number of β-amino-alcohol motifs (C(OH)–C–C–N with tert-alkyl or cyclic N) is 1. The number of nitrogens with zero attached hydrogens (tertiary/aromatic N) is 2. The molecule has 1 aromatic rings. The Bertz CT molecular complexity index is 522. The van der Waals surface area contributed by atoms with Crippen LogP contribution in [0, 0.1) is 12.8 Å². The molecule has 1 amide bonds. The van der Waals surface area contributed by atoms with Gasteiger partial charge in [-0.25, -0.2) is 0 Å². The van der Waals surface area contributed by atoms with Gasteiger partial charge in [-0.05, 0) is 31.9 Å². The molecule has 22 heavy (non-hydrogen) atoms. The van der Waals surface area contributed by atoms with Crippen LogP contribution in [0.25, 0.3) is 0 Å². The van der Waals surface area contributed by atoms with Gasteiger partial charge in [-0.3, -0.25) is 9.69 Å². The number of hydrogen-bond acceptors (Lipinski definition) is 4. The van der Waals surface area contributed by atoms with Crippen LogP contribution in [0.4, 0.5) is 0 Å². The molecule has 3 atom stereocenters. The molecule has 0 radical (unpaired) electrons. The number of carbonyl (C=O) groups excluding carboxylic acids is 1. The predicted molar refractivity (Wildman–Crippen MR) is 89.2 cm³/mol. The smallest absolute Gasteiger partial charge is 0.226 e. The maximum Gasteiger partial charge on any atom is 0.226 e. The van der Waals surface area contributed by atoms with Gasteiger partial charge in [-0.15, -0.1) is 11.3 Å². The summed E-state index contributed by atoms with van der Waals surface area (Å²) in [7, 11) is 0. The Morgan fingerprint density at radius 1 is 1.36 bits per heavy atom. The van der Waals surface area contributed by atoms with Crippen molar-refractivity contribution < 1.29 is 9.90 Å². The second-order valence-electron chi connectivity index (χ2n) is 6.59. The molecule has 122 valence electrons. The van der Waals surface area contributed by atoms with Gasteiger partial charge in [-0.1, -0.05) is 6.92 Å². The van der Waals surface area contributed by atoms with E-state index in [1.54, 1.807) is 0 Å². The van der Waals surface area contributed by atoms with E-state index in [-0.39, 0.29) is 12.0 Å². The summed E-state index contributed by atoms with van der Waals surface area (Å²) in [4.78, 5) is 19.6. The standard InChI is InChI=1S/C17H26N2O2S/c1-3-13(20)11-18-6-8-19(9-7-18)17(21)15-10-14(15)16-5-4-12(2)22-16/h4-5,13-15,20H,3,6-11H2,1-2H3. The summed E-state index contributed by atoms with van der Waals surface area (Å²) in [6.07, 6.45) is 1.58. The molecule has 5 heteroatoms. The van der Waals surface area contributed by atoms with Crippen molar-refractivity contribution in [1.82, 2.24) is 9.80 Å². The summed E-state index contributed by atoms with van der Waals surface area (Å²) < 4.78 is 0. The van der Waals surface area contributed by atoms with Crippen LogP contribution in [0.2, 0.25) is 0 Å². The monoisotopic (exact) mass is 322 g/mol. The lowest BCUT2D eigenvalue weighted by Gasteiger charge is -2.35. The van der Waals surface area contributed by atoms with E-state index in [1.807, 2.05) is 23.2 Å². The molecular formula is C17H26N2O2S. The van der Waals surface area contributed by atoms with Crippen LogP contribution in [-0.4, -0.2) is 59.6 Å². The van der Waals surface area contributed by atoms with E-state index in [9.17, 15) is 9.90 Å². The number of carbonyl (C=O) groups is 1. The molecule has 1 saturated heterocycles. The van der Waals surface area contributed by atoms with Crippen LogP contribution in [0.15, 0.2) is 12.1 Å². The summed E-state index contributed by atoms with van der Waals surface area (Å²) in [5.41, 5.74) is 0. The molecule has 1 N–H and O–H groups in total. The first-order chi connectivity index (χ1) is 10.6. The summed E-state index contributed by atoms with van der Waals surface area (Å²) in [6, 6.07) is 4.33. The lowest BCUT2D eigenvalue weighted by molar-refractivity contribution is -0.134. The second-order valence-corrected chi connectivity index (χ2v) is 7.90. The number of thiophene rings is 1. The minimum Gasteiger partial charge on any atom is -0.392 e. The average Bonchev–Trinajstić information content (AvgIpc) is 3.21. The Morgan fingerprint density at radius 3 is 2.68 bits per heavy atom. The molecule has 3 unspecified atom stereocenters. The molecule has 0 spiro atoms. The molecule has 1 saturated carbocycles. The molecule has 4 nitrogen and oxygen atoms in total. The fourth-order valence-electron chi connectivity index (χ4n) is 3.25. The Labute approximate surface area is 136 Å². The van der Waals surface area contributed by atoms with E-state index >= 15 is 0 Å². The first-order valence-electron chi connectivity index (χ1n) is 8.34. The van der Waals surface area contributed by atoms with Gasteiger partial charge < -0.3 is 10.0 Å². The Balaban J connectivity index is 1.47. The molecule has 3 rings (SSSR count). The fourth-order valence-corrected chi connectivity index (χ4v) is 4.30. The van der Waals surface area contributed by atoms with Crippen LogP contribution >= 0.6 is 11.3 Å². The molecule has 1 aliphatic heterocycles. The number of hydrogen-bond donors (Lipinski definition) is 1. The number of aliphatic hydroxyl groups is 1. The molecule has 0 aromatic carbocycles. The fraction of sp³-hybridized carbons (Fsp3) is 0.706. The van der Waals surface area contributed by atoms with Crippen molar-refractivity contribution >= 4 is 17.2 Å². The molecule has 1 aromatic heterocycles. The van der Waals surface area contributed by atoms with Gasteiger partial charge in [0.15, 0.2) is 0 Å². The van der Waals surface area contributed by atoms with Gasteiger partial charge in [-0.2, -0.15) is 0 Å². The zero-order valence-electron chi connectivity index (χ0n) is 13.5. The van der Waals surface area contributed by atoms with Crippen LogP contribution < -0.4 is 0 Å². The third-order valence-electron chi connectivity index (χ3n) is 4.86. The van der Waals surface area contributed by atoms with Crippen molar-refractivity contribution in [1.29, 1.82) is 0 Å². The van der Waals surface area contributed by atoms with Crippen LogP contribution in [-0.2, 0) is 4.79 Å². The van der Waals surface area contributed by atoms with Crippen molar-refractivity contribution in [3.8, 4) is 0 Å². The molecule has 2 aliphatic rings. The second kappa shape index (κ2) is 6.69. The lowest BCUT2D eigenvalue weighted by atomic mass is 10.2. The number of rotatable bonds is 5. The largest absolute Gasteiger partial charge is 0.392 e. The number of amides is 1. The minimum atomic E-state index is -0.239. The highest BCUT2D eigenvalue weighted by molar-refractivity contribution is 7.12. The van der Waals surface area contributed by atoms with Crippen molar-refractivity contribution in [3.05, 3.63) is 21.9 Å². The minimum absolute atomic E-state index is 0.214. The van der Waals surface area contributed by atoms with Gasteiger partial charge in [0.1, 0.15) is 0 Å². The average molecular weight is 322 g/mol. The molecular weight excluding hydrogens is 296 g/mol. The van der Waals surface area contributed by atoms with E-state index < -0.39 is 0 Å². The van der Waals surface area contributed by atoms with Gasteiger partial charge in [0, 0.05) is 54.3 Å². The zero-order chi connectivity index (χ0) is 15.7. The van der Waals surface area contributed by atoms with Crippen molar-refractivity contribution in [2.24, 2.45) is 5.92 Å². The predicted octanol–water partition coefficient (Wildman–Crippen LogP) is 2.08. The van der Waals surface area contributed by atoms with E-state index in [4.69, 9.17) is 0 Å². The number of piperazine rings is 1. The number of aryl methyl sites for hydroxylation is 1. The summed E-state index contributed by atoms with van der Waals surface area (Å²) in [6.45, 7) is 8.25. The quantitative estimate of drug-likeness (QED) is 0.902. The maximum absolute atomic E-state index is 12.6. The van der Waals surface area contributed by atoms with Crippen LogP contribution in [0.1, 0.15) is 35.4 Å². The third-order valence-corrected chi connectivity index (χ3v) is 5.99. The van der Waals surface area contributed by atoms with Gasteiger partial charge in [0.2, 0.25) is 5.91 Å². The molecule has 2 heterocycles. The van der Waals surface area contributed by atoms with E-state index in [0.29, 0.717) is 11.8 Å². The normalized spacial score (nSPS) is 27.0. The summed E-state index contributed by atoms with van der Waals surface area (Å²) in [5, 5.41) is 9.73. The van der Waals surface area contributed by atoms with Crippen molar-refractivity contribution in [2.45, 2.75) is 38.7 Å². The van der Waals surface area contributed by atoms with E-state index in [2.05, 4.69) is 24.0 Å². The van der Waals surface area contributed by atoms with E-state index in [1.165, 1.54) is 9.75 Å². The first-order valence-corrected chi connectivity index (χ1v) is 9.15. The zero-order valence-corrected chi connectivity index (χ0v) is 14.3. The highest BCUT2D eigenvalue weighted by Crippen LogP contribution is 2.50. The van der Waals surface area contributed by atoms with Crippen LogP contribution in [0.5, 0.6) is 0 Å². The number of aliphatic hydroxyl groups excluding tert-OH is 1. The maximum atomic E-state index is 12.6. The Hall–Kier alpha value is -0.910. The topological polar surface area (TPSA) is 43.8 Å². The molecule has 2 fully saturated rings. The van der Waals surface area contributed by atoms with Crippen molar-refractivity contribution in [2.75, 3.05) is 32.7 Å². The van der Waals surface area contributed by atoms with Gasteiger partial charge in [0.25, 0.3) is 0 Å². The highest BCUT2D eigenvalue weighted by Gasteiger charge is 2.46. The highest BCUT2D eigenvalue weighted by atomic mass is 32.1. The van der Waals surface area contributed by atoms with Gasteiger partial charge >= 0.3 is 0 Å². The lowest BCUT2D eigenvalue weighted by Crippen LogP contribution is -2.50. The SMILES string of the molecule is CCC(O)CN1CCN(C(=O)C2CC2c2ccc(C)s2)CC1. The third kappa shape index (κ3) is 3.53. The first kappa shape index (κ1) is 16.0. The van der Waals surface area contributed by atoms with Crippen LogP contribution in [0.3, 0.4) is 0 Å². The molecule has 1 aliphatic carbocycles.